The lowest BCUT2D eigenvalue weighted by Crippen LogP contribution is -2.31. The molecule has 0 aromatic rings. The minimum Gasteiger partial charge on any atom is -0.342 e. The van der Waals surface area contributed by atoms with E-state index in [1.807, 2.05) is 18.7 Å². The molecule has 0 aliphatic carbocycles. The Bertz CT molecular complexity index is 125. The lowest BCUT2D eigenvalue weighted by molar-refractivity contribution is -0.133. The van der Waals surface area contributed by atoms with Crippen LogP contribution in [0.5, 0.6) is 0 Å². The number of nitrogens with zero attached hydrogens (tertiary/aromatic N) is 1. The molecule has 1 saturated heterocycles. The molecule has 0 unspecified atom stereocenters. The molecule has 0 bridgehead atoms. The number of hydrogen-bond acceptors (Lipinski definition) is 1. The average Bonchev–Trinajstić information content (AvgIpc) is 2.36. The molecular formula is C8H15NO. The molecule has 0 N–H and O–H groups in total. The highest BCUT2D eigenvalue weighted by atomic mass is 16.2. The summed E-state index contributed by atoms with van der Waals surface area (Å²) < 4.78 is 0. The van der Waals surface area contributed by atoms with Gasteiger partial charge in [-0.1, -0.05) is 13.8 Å². The van der Waals surface area contributed by atoms with Gasteiger partial charge >= 0.3 is 0 Å². The second kappa shape index (κ2) is 3.04. The Labute approximate surface area is 62.2 Å². The van der Waals surface area contributed by atoms with Crippen molar-refractivity contribution in [1.82, 2.24) is 4.90 Å². The van der Waals surface area contributed by atoms with E-state index >= 15 is 0 Å². The average molecular weight is 141 g/mol. The van der Waals surface area contributed by atoms with Crippen molar-refractivity contribution < 1.29 is 4.79 Å². The summed E-state index contributed by atoms with van der Waals surface area (Å²) in [6.07, 6.45) is 2.39. The van der Waals surface area contributed by atoms with Gasteiger partial charge in [0.25, 0.3) is 0 Å². The Balaban J connectivity index is 2.40. The summed E-state index contributed by atoms with van der Waals surface area (Å²) in [5, 5.41) is 0. The van der Waals surface area contributed by atoms with Crippen LogP contribution in [0, 0.1) is 5.92 Å². The first-order valence-electron chi connectivity index (χ1n) is 4.00. The van der Waals surface area contributed by atoms with Crippen LogP contribution in [-0.4, -0.2) is 23.9 Å². The number of amides is 1. The molecule has 1 aliphatic heterocycles. The van der Waals surface area contributed by atoms with Crippen molar-refractivity contribution in [2.24, 2.45) is 5.92 Å². The lowest BCUT2D eigenvalue weighted by atomic mass is 10.2. The number of rotatable bonds is 1. The zero-order valence-electron chi connectivity index (χ0n) is 6.76. The van der Waals surface area contributed by atoms with E-state index in [2.05, 4.69) is 0 Å². The fourth-order valence-corrected chi connectivity index (χ4v) is 1.30. The van der Waals surface area contributed by atoms with E-state index in [-0.39, 0.29) is 5.92 Å². The van der Waals surface area contributed by atoms with Gasteiger partial charge in [0.2, 0.25) is 5.91 Å². The molecule has 1 rings (SSSR count). The second-order valence-corrected chi connectivity index (χ2v) is 3.19. The summed E-state index contributed by atoms with van der Waals surface area (Å²) in [6.45, 7) is 5.88. The number of carbonyl (C=O) groups excluding carboxylic acids is 1. The van der Waals surface area contributed by atoms with Gasteiger partial charge in [0.1, 0.15) is 0 Å². The molecule has 0 aromatic heterocycles. The van der Waals surface area contributed by atoms with Crippen molar-refractivity contribution in [1.29, 1.82) is 0 Å². The van der Waals surface area contributed by atoms with Crippen LogP contribution in [0.2, 0.25) is 0 Å². The van der Waals surface area contributed by atoms with Gasteiger partial charge in [-0.05, 0) is 12.8 Å². The largest absolute Gasteiger partial charge is 0.342 e. The van der Waals surface area contributed by atoms with Crippen molar-refractivity contribution in [3.63, 3.8) is 0 Å². The van der Waals surface area contributed by atoms with Crippen molar-refractivity contribution in [2.45, 2.75) is 26.7 Å². The van der Waals surface area contributed by atoms with Gasteiger partial charge in [-0.3, -0.25) is 4.79 Å². The fourth-order valence-electron chi connectivity index (χ4n) is 1.30. The Morgan fingerprint density at radius 3 is 2.20 bits per heavy atom. The van der Waals surface area contributed by atoms with E-state index in [0.29, 0.717) is 5.91 Å². The maximum Gasteiger partial charge on any atom is 0.225 e. The normalized spacial score (nSPS) is 18.5. The van der Waals surface area contributed by atoms with E-state index in [4.69, 9.17) is 0 Å². The molecule has 2 heteroatoms. The molecule has 0 atom stereocenters. The summed E-state index contributed by atoms with van der Waals surface area (Å²) in [5.74, 6) is 0.496. The summed E-state index contributed by atoms with van der Waals surface area (Å²) >= 11 is 0. The van der Waals surface area contributed by atoms with Crippen LogP contribution in [0.25, 0.3) is 0 Å². The third-order valence-electron chi connectivity index (χ3n) is 1.91. The van der Waals surface area contributed by atoms with Crippen molar-refractivity contribution in [2.75, 3.05) is 13.1 Å². The van der Waals surface area contributed by atoms with E-state index in [1.54, 1.807) is 0 Å². The van der Waals surface area contributed by atoms with Crippen molar-refractivity contribution in [3.8, 4) is 0 Å². The second-order valence-electron chi connectivity index (χ2n) is 3.19. The van der Waals surface area contributed by atoms with Crippen LogP contribution in [0.4, 0.5) is 0 Å². The predicted molar refractivity (Wildman–Crippen MR) is 40.7 cm³/mol. The third-order valence-corrected chi connectivity index (χ3v) is 1.91. The molecule has 10 heavy (non-hydrogen) atoms. The molecule has 1 aliphatic rings. The maximum atomic E-state index is 11.3. The van der Waals surface area contributed by atoms with Crippen LogP contribution >= 0.6 is 0 Å². The molecule has 0 spiro atoms. The molecule has 1 amide bonds. The maximum absolute atomic E-state index is 11.3. The molecule has 0 radical (unpaired) electrons. The topological polar surface area (TPSA) is 20.3 Å². The Hall–Kier alpha value is -0.530. The molecule has 0 aromatic carbocycles. The standard InChI is InChI=1S/C8H15NO/c1-7(2)8(10)9-5-3-4-6-9/h7H,3-6H2,1-2H3. The minimum atomic E-state index is 0.179. The monoisotopic (exact) mass is 141 g/mol. The van der Waals surface area contributed by atoms with Crippen LogP contribution in [-0.2, 0) is 4.79 Å². The van der Waals surface area contributed by atoms with Gasteiger partial charge in [0, 0.05) is 19.0 Å². The van der Waals surface area contributed by atoms with Gasteiger partial charge in [0.15, 0.2) is 0 Å². The highest BCUT2D eigenvalue weighted by molar-refractivity contribution is 5.78. The van der Waals surface area contributed by atoms with E-state index in [9.17, 15) is 4.79 Å². The van der Waals surface area contributed by atoms with Gasteiger partial charge in [-0.15, -0.1) is 0 Å². The number of hydrogen-bond donors (Lipinski definition) is 0. The molecule has 1 fully saturated rings. The van der Waals surface area contributed by atoms with Gasteiger partial charge < -0.3 is 4.90 Å². The Morgan fingerprint density at radius 2 is 1.80 bits per heavy atom. The Kier molecular flexibility index (Phi) is 2.30. The van der Waals surface area contributed by atoms with Crippen LogP contribution in [0.1, 0.15) is 26.7 Å². The fraction of sp³-hybridized carbons (Fsp3) is 0.875. The third kappa shape index (κ3) is 1.49. The SMILES string of the molecule is CC(C)C(=O)N1CCCC1. The van der Waals surface area contributed by atoms with E-state index in [1.165, 1.54) is 12.8 Å². The smallest absolute Gasteiger partial charge is 0.225 e. The van der Waals surface area contributed by atoms with Crippen LogP contribution in [0.3, 0.4) is 0 Å². The lowest BCUT2D eigenvalue weighted by Gasteiger charge is -2.17. The quantitative estimate of drug-likeness (QED) is 0.538. The summed E-state index contributed by atoms with van der Waals surface area (Å²) in [5.41, 5.74) is 0. The molecular weight excluding hydrogens is 126 g/mol. The molecule has 58 valence electrons. The summed E-state index contributed by atoms with van der Waals surface area (Å²) in [6, 6.07) is 0. The zero-order chi connectivity index (χ0) is 7.56. The van der Waals surface area contributed by atoms with Crippen molar-refractivity contribution >= 4 is 5.91 Å². The highest BCUT2D eigenvalue weighted by Gasteiger charge is 2.19. The highest BCUT2D eigenvalue weighted by Crippen LogP contribution is 2.10. The summed E-state index contributed by atoms with van der Waals surface area (Å²) in [4.78, 5) is 13.2. The summed E-state index contributed by atoms with van der Waals surface area (Å²) in [7, 11) is 0. The van der Waals surface area contributed by atoms with Crippen molar-refractivity contribution in [3.05, 3.63) is 0 Å². The van der Waals surface area contributed by atoms with Gasteiger partial charge in [0.05, 0.1) is 0 Å². The van der Waals surface area contributed by atoms with E-state index in [0.717, 1.165) is 13.1 Å². The van der Waals surface area contributed by atoms with Crippen LogP contribution < -0.4 is 0 Å². The zero-order valence-corrected chi connectivity index (χ0v) is 6.76. The van der Waals surface area contributed by atoms with E-state index < -0.39 is 0 Å². The first-order valence-corrected chi connectivity index (χ1v) is 4.00. The first kappa shape index (κ1) is 7.58. The minimum absolute atomic E-state index is 0.179. The number of carbonyl (C=O) groups is 1. The van der Waals surface area contributed by atoms with Gasteiger partial charge in [-0.25, -0.2) is 0 Å². The molecule has 0 saturated carbocycles. The Morgan fingerprint density at radius 1 is 1.30 bits per heavy atom. The van der Waals surface area contributed by atoms with Crippen LogP contribution in [0.15, 0.2) is 0 Å². The molecule has 1 heterocycles. The molecule has 2 nitrogen and oxygen atoms in total. The number of likely N-dealkylation sites (tertiary alicyclic amines) is 1. The first-order chi connectivity index (χ1) is 4.72. The van der Waals surface area contributed by atoms with Gasteiger partial charge in [-0.2, -0.15) is 0 Å². The predicted octanol–water partition coefficient (Wildman–Crippen LogP) is 1.26.